The van der Waals surface area contributed by atoms with Gasteiger partial charge in [-0.05, 0) is 68.6 Å². The van der Waals surface area contributed by atoms with Crippen LogP contribution in [-0.2, 0) is 27.5 Å². The van der Waals surface area contributed by atoms with Gasteiger partial charge in [0.25, 0.3) is 10.1 Å². The molecule has 13 nitrogen and oxygen atoms in total. The molecule has 2 saturated heterocycles. The highest BCUT2D eigenvalue weighted by Crippen LogP contribution is 2.34. The number of nitriles is 1. The van der Waals surface area contributed by atoms with E-state index in [1.165, 1.54) is 6.07 Å². The molecule has 2 fully saturated rings. The van der Waals surface area contributed by atoms with E-state index in [4.69, 9.17) is 9.81 Å². The molecule has 0 aliphatic carbocycles. The number of halogens is 3. The van der Waals surface area contributed by atoms with Gasteiger partial charge in [0.05, 0.1) is 17.4 Å². The van der Waals surface area contributed by atoms with Gasteiger partial charge in [0.15, 0.2) is 0 Å². The maximum Gasteiger partial charge on any atom is 0.451 e. The summed E-state index contributed by atoms with van der Waals surface area (Å²) in [6.45, 7) is 1.85. The molecule has 1 atom stereocenters. The smallest absolute Gasteiger partial charge is 0.356 e. The van der Waals surface area contributed by atoms with E-state index in [2.05, 4.69) is 32.0 Å². The largest absolute Gasteiger partial charge is 0.451 e. The second-order valence-electron chi connectivity index (χ2n) is 11.6. The number of nitrogens with zero attached hydrogens (tertiary/aromatic N) is 5. The number of carbonyl (C=O) groups is 2. The number of rotatable bonds is 13. The summed E-state index contributed by atoms with van der Waals surface area (Å²) in [7, 11) is -4.15. The molecule has 47 heavy (non-hydrogen) atoms. The van der Waals surface area contributed by atoms with E-state index in [9.17, 15) is 31.2 Å². The minimum atomic E-state index is -4.77. The average molecular weight is 681 g/mol. The Morgan fingerprint density at radius 1 is 0.979 bits per heavy atom. The van der Waals surface area contributed by atoms with Crippen LogP contribution in [0.2, 0.25) is 0 Å². The number of aromatic nitrogens is 2. The van der Waals surface area contributed by atoms with Crippen molar-refractivity contribution in [2.45, 2.75) is 57.2 Å². The Hall–Kier alpha value is -4.17. The minimum absolute atomic E-state index is 0.0649. The number of benzene rings is 1. The molecule has 0 unspecified atom stereocenters. The van der Waals surface area contributed by atoms with Gasteiger partial charge in [-0.15, -0.1) is 0 Å². The van der Waals surface area contributed by atoms with E-state index in [0.29, 0.717) is 69.9 Å². The standard InChI is InChI=1S/C30H39F3N8O5S/c31-30(32,33)28-38-25(40-16-10-21(11-17-40)3-1-12-36-29(43)37-14-18-47(44,45)46)19-26(39-28)41-15-2-4-24(41)27(42)35-13-9-22-5-7-23(20-34)8-6-22/h5-8,19,21,24H,1-4,9-18H2,(H,35,42)(H2,36,37,43)(H,44,45,46)/t24-/m0/s1. The molecule has 0 radical (unpaired) electrons. The molecular weight excluding hydrogens is 641 g/mol. The van der Waals surface area contributed by atoms with Gasteiger partial charge in [0.1, 0.15) is 17.7 Å². The molecule has 17 heteroatoms. The highest BCUT2D eigenvalue weighted by molar-refractivity contribution is 7.85. The van der Waals surface area contributed by atoms with Crippen LogP contribution in [0.15, 0.2) is 30.3 Å². The van der Waals surface area contributed by atoms with Crippen LogP contribution < -0.4 is 25.8 Å². The van der Waals surface area contributed by atoms with E-state index in [0.717, 1.165) is 24.8 Å². The van der Waals surface area contributed by atoms with Crippen molar-refractivity contribution in [1.29, 1.82) is 5.26 Å². The molecule has 256 valence electrons. The van der Waals surface area contributed by atoms with Crippen molar-refractivity contribution in [3.63, 3.8) is 0 Å². The number of nitrogens with one attached hydrogen (secondary N) is 3. The number of urea groups is 1. The highest BCUT2D eigenvalue weighted by atomic mass is 32.2. The van der Waals surface area contributed by atoms with Gasteiger partial charge in [0.2, 0.25) is 11.7 Å². The number of alkyl halides is 3. The fourth-order valence-electron chi connectivity index (χ4n) is 5.76. The minimum Gasteiger partial charge on any atom is -0.356 e. The predicted octanol–water partition coefficient (Wildman–Crippen LogP) is 2.88. The zero-order valence-corrected chi connectivity index (χ0v) is 26.6. The average Bonchev–Trinajstić information content (AvgIpc) is 3.53. The second-order valence-corrected chi connectivity index (χ2v) is 13.2. The monoisotopic (exact) mass is 680 g/mol. The zero-order chi connectivity index (χ0) is 34.0. The Balaban J connectivity index is 1.30. The number of amides is 3. The van der Waals surface area contributed by atoms with Gasteiger partial charge in [-0.25, -0.2) is 14.8 Å². The summed E-state index contributed by atoms with van der Waals surface area (Å²) in [5.41, 5.74) is 1.49. The third-order valence-electron chi connectivity index (χ3n) is 8.26. The van der Waals surface area contributed by atoms with Crippen molar-refractivity contribution in [2.75, 3.05) is 54.8 Å². The first kappa shape index (κ1) is 35.7. The molecule has 0 spiro atoms. The molecule has 3 amide bonds. The fraction of sp³-hybridized carbons (Fsp3) is 0.567. The van der Waals surface area contributed by atoms with Crippen molar-refractivity contribution < 1.29 is 35.7 Å². The maximum absolute atomic E-state index is 13.9. The Morgan fingerprint density at radius 2 is 1.66 bits per heavy atom. The van der Waals surface area contributed by atoms with Gasteiger partial charge < -0.3 is 25.8 Å². The quantitative estimate of drug-likeness (QED) is 0.182. The number of carbonyl (C=O) groups excluding carboxylic acids is 2. The van der Waals surface area contributed by atoms with Crippen LogP contribution in [0.4, 0.5) is 29.6 Å². The van der Waals surface area contributed by atoms with Crippen LogP contribution in [0.5, 0.6) is 0 Å². The molecule has 0 saturated carbocycles. The summed E-state index contributed by atoms with van der Waals surface area (Å²) in [5.74, 6) is -1.58. The van der Waals surface area contributed by atoms with Crippen molar-refractivity contribution in [2.24, 2.45) is 5.92 Å². The fourth-order valence-corrected chi connectivity index (χ4v) is 6.12. The van der Waals surface area contributed by atoms with Crippen LogP contribution in [0, 0.1) is 17.2 Å². The molecule has 4 N–H and O–H groups in total. The van der Waals surface area contributed by atoms with Gasteiger partial charge in [-0.3, -0.25) is 9.35 Å². The molecule has 3 heterocycles. The molecular formula is C30H39F3N8O5S. The number of piperidine rings is 1. The Bertz CT molecular complexity index is 1530. The van der Waals surface area contributed by atoms with Gasteiger partial charge in [-0.1, -0.05) is 12.1 Å². The van der Waals surface area contributed by atoms with E-state index in [1.54, 1.807) is 21.9 Å². The topological polar surface area (TPSA) is 181 Å². The first-order valence-corrected chi connectivity index (χ1v) is 17.1. The second kappa shape index (κ2) is 16.1. The lowest BCUT2D eigenvalue weighted by molar-refractivity contribution is -0.144. The first-order valence-electron chi connectivity index (χ1n) is 15.5. The summed E-state index contributed by atoms with van der Waals surface area (Å²) in [6, 6.07) is 9.42. The van der Waals surface area contributed by atoms with Gasteiger partial charge in [0, 0.05) is 45.3 Å². The Kier molecular flexibility index (Phi) is 12.2. The van der Waals surface area contributed by atoms with E-state index < -0.39 is 39.9 Å². The van der Waals surface area contributed by atoms with Crippen LogP contribution in [0.1, 0.15) is 55.5 Å². The van der Waals surface area contributed by atoms with E-state index >= 15 is 0 Å². The molecule has 1 aromatic carbocycles. The molecule has 1 aromatic heterocycles. The zero-order valence-electron chi connectivity index (χ0n) is 25.8. The Morgan fingerprint density at radius 3 is 2.32 bits per heavy atom. The van der Waals surface area contributed by atoms with Crippen LogP contribution in [0.3, 0.4) is 0 Å². The summed E-state index contributed by atoms with van der Waals surface area (Å²) < 4.78 is 71.9. The molecule has 2 aliphatic heterocycles. The van der Waals surface area contributed by atoms with Crippen molar-refractivity contribution >= 4 is 33.7 Å². The van der Waals surface area contributed by atoms with Crippen LogP contribution in [-0.4, -0.2) is 85.9 Å². The van der Waals surface area contributed by atoms with Gasteiger partial charge >= 0.3 is 12.2 Å². The van der Waals surface area contributed by atoms with Crippen LogP contribution >= 0.6 is 0 Å². The number of anilines is 2. The van der Waals surface area contributed by atoms with Crippen molar-refractivity contribution in [1.82, 2.24) is 25.9 Å². The lowest BCUT2D eigenvalue weighted by atomic mass is 9.92. The normalized spacial score (nSPS) is 17.3. The number of hydrogen-bond donors (Lipinski definition) is 4. The van der Waals surface area contributed by atoms with E-state index in [1.807, 2.05) is 12.1 Å². The predicted molar refractivity (Wildman–Crippen MR) is 167 cm³/mol. The lowest BCUT2D eigenvalue weighted by Crippen LogP contribution is -2.44. The molecule has 4 rings (SSSR count). The molecule has 2 aromatic rings. The summed E-state index contributed by atoms with van der Waals surface area (Å²) in [4.78, 5) is 36.0. The third-order valence-corrected chi connectivity index (χ3v) is 8.98. The highest BCUT2D eigenvalue weighted by Gasteiger charge is 2.39. The van der Waals surface area contributed by atoms with Crippen molar-refractivity contribution in [3.05, 3.63) is 47.3 Å². The Labute approximate surface area is 271 Å². The van der Waals surface area contributed by atoms with Crippen LogP contribution in [0.25, 0.3) is 0 Å². The molecule has 0 bridgehead atoms. The summed E-state index contributed by atoms with van der Waals surface area (Å²) >= 11 is 0. The summed E-state index contributed by atoms with van der Waals surface area (Å²) in [6.07, 6.45) is -0.230. The third kappa shape index (κ3) is 11.0. The molecule has 2 aliphatic rings. The van der Waals surface area contributed by atoms with Crippen molar-refractivity contribution in [3.8, 4) is 6.07 Å². The maximum atomic E-state index is 13.9. The lowest BCUT2D eigenvalue weighted by Gasteiger charge is -2.34. The number of hydrogen-bond acceptors (Lipinski definition) is 9. The summed E-state index contributed by atoms with van der Waals surface area (Å²) in [5, 5.41) is 16.8. The first-order chi connectivity index (χ1) is 22.3. The van der Waals surface area contributed by atoms with Gasteiger partial charge in [-0.2, -0.15) is 26.9 Å². The SMILES string of the molecule is N#Cc1ccc(CCNC(=O)[C@@H]2CCCN2c2cc(N3CCC(CCCNC(=O)NCCS(=O)(=O)O)CC3)nc(C(F)(F)F)n2)cc1. The van der Waals surface area contributed by atoms with E-state index in [-0.39, 0.29) is 24.1 Å².